The zero-order valence-corrected chi connectivity index (χ0v) is 8.87. The lowest BCUT2D eigenvalue weighted by molar-refractivity contribution is 1.47. The fourth-order valence-electron chi connectivity index (χ4n) is 1.20. The van der Waals surface area contributed by atoms with Gasteiger partial charge in [0, 0.05) is 8.96 Å². The molecule has 2 rings (SSSR count). The minimum atomic E-state index is 1.07. The van der Waals surface area contributed by atoms with Gasteiger partial charge in [-0.2, -0.15) is 0 Å². The quantitative estimate of drug-likeness (QED) is 0.514. The highest BCUT2D eigenvalue weighted by atomic mass is 127. The molecule has 1 aromatic carbocycles. The van der Waals surface area contributed by atoms with Crippen molar-refractivity contribution in [2.24, 2.45) is 0 Å². The van der Waals surface area contributed by atoms with Crippen LogP contribution in [-0.4, -0.2) is 12.8 Å². The van der Waals surface area contributed by atoms with Crippen molar-refractivity contribution in [3.8, 4) is 0 Å². The summed E-state index contributed by atoms with van der Waals surface area (Å²) in [6, 6.07) is 10.4. The molecule has 0 saturated heterocycles. The number of fused-ring (bicyclic) bond motifs is 1. The lowest BCUT2D eigenvalue weighted by Gasteiger charge is -1.98. The molecule has 58 valence electrons. The Kier molecular flexibility index (Phi) is 2.04. The Hall–Kier alpha value is -0.575. The molecule has 0 aliphatic carbocycles. The maximum atomic E-state index is 4.41. The van der Waals surface area contributed by atoms with Gasteiger partial charge in [0.25, 0.3) is 0 Å². The van der Waals surface area contributed by atoms with Gasteiger partial charge in [0.1, 0.15) is 0 Å². The molecule has 1 nitrogen and oxygen atoms in total. The van der Waals surface area contributed by atoms with E-state index in [1.807, 2.05) is 13.9 Å². The zero-order chi connectivity index (χ0) is 8.55. The summed E-state index contributed by atoms with van der Waals surface area (Å²) < 4.78 is 1.26. The molecule has 0 aliphatic heterocycles. The fourth-order valence-corrected chi connectivity index (χ4v) is 1.71. The van der Waals surface area contributed by atoms with E-state index in [0.717, 1.165) is 11.1 Å². The maximum Gasteiger partial charge on any atom is 0.163 e. The molecule has 12 heavy (non-hydrogen) atoms. The van der Waals surface area contributed by atoms with E-state index in [-0.39, 0.29) is 0 Å². The second-order valence-corrected chi connectivity index (χ2v) is 4.04. The molecular formula is C9H7BIN. The van der Waals surface area contributed by atoms with Gasteiger partial charge < -0.3 is 0 Å². The second kappa shape index (κ2) is 3.05. The number of halogens is 1. The van der Waals surface area contributed by atoms with Crippen LogP contribution in [0.25, 0.3) is 10.9 Å². The first-order chi connectivity index (χ1) is 5.75. The third kappa shape index (κ3) is 1.46. The molecule has 3 heteroatoms. The van der Waals surface area contributed by atoms with Gasteiger partial charge in [-0.1, -0.05) is 12.1 Å². The number of aromatic nitrogens is 1. The largest absolute Gasteiger partial charge is 0.264 e. The predicted molar refractivity (Wildman–Crippen MR) is 62.6 cm³/mol. The number of hydrogen-bond donors (Lipinski definition) is 0. The van der Waals surface area contributed by atoms with Crippen molar-refractivity contribution in [2.45, 2.75) is 0 Å². The Labute approximate surface area is 85.7 Å². The highest BCUT2D eigenvalue weighted by Gasteiger charge is 1.94. The topological polar surface area (TPSA) is 12.9 Å². The van der Waals surface area contributed by atoms with Gasteiger partial charge in [0.15, 0.2) is 7.85 Å². The molecule has 0 saturated carbocycles. The molecule has 0 aliphatic rings. The molecule has 0 bridgehead atoms. The van der Waals surface area contributed by atoms with Crippen molar-refractivity contribution in [2.75, 3.05) is 0 Å². The molecule has 0 fully saturated rings. The number of pyridine rings is 1. The maximum absolute atomic E-state index is 4.41. The summed E-state index contributed by atoms with van der Waals surface area (Å²) in [4.78, 5) is 4.41. The van der Waals surface area contributed by atoms with E-state index >= 15 is 0 Å². The van der Waals surface area contributed by atoms with Gasteiger partial charge in [0.05, 0.1) is 5.52 Å². The SMILES string of the molecule is Bc1ccc2cc(I)ccc2n1. The van der Waals surface area contributed by atoms with E-state index in [9.17, 15) is 0 Å². The van der Waals surface area contributed by atoms with Crippen molar-refractivity contribution >= 4 is 46.9 Å². The fraction of sp³-hybridized carbons (Fsp3) is 0. The van der Waals surface area contributed by atoms with Crippen LogP contribution in [0, 0.1) is 3.57 Å². The van der Waals surface area contributed by atoms with Crippen LogP contribution in [0.2, 0.25) is 0 Å². The number of nitrogens with zero attached hydrogens (tertiary/aromatic N) is 1. The molecule has 0 unspecified atom stereocenters. The van der Waals surface area contributed by atoms with Crippen molar-refractivity contribution in [1.29, 1.82) is 0 Å². The van der Waals surface area contributed by atoms with Crippen molar-refractivity contribution < 1.29 is 0 Å². The second-order valence-electron chi connectivity index (χ2n) is 2.79. The van der Waals surface area contributed by atoms with E-state index < -0.39 is 0 Å². The summed E-state index contributed by atoms with van der Waals surface area (Å²) in [6.07, 6.45) is 0. The molecular weight excluding hydrogens is 260 g/mol. The van der Waals surface area contributed by atoms with E-state index in [1.54, 1.807) is 0 Å². The van der Waals surface area contributed by atoms with E-state index in [4.69, 9.17) is 0 Å². The van der Waals surface area contributed by atoms with E-state index in [2.05, 4.69) is 51.8 Å². The lowest BCUT2D eigenvalue weighted by atomic mass is 10.0. The molecule has 1 aromatic heterocycles. The van der Waals surface area contributed by atoms with Crippen LogP contribution in [0.3, 0.4) is 0 Å². The normalized spacial score (nSPS) is 10.4. The Bertz CT molecular complexity index is 387. The molecule has 0 atom stereocenters. The van der Waals surface area contributed by atoms with E-state index in [1.165, 1.54) is 8.96 Å². The summed E-state index contributed by atoms with van der Waals surface area (Å²) >= 11 is 2.31. The molecule has 0 amide bonds. The molecule has 1 heterocycles. The number of hydrogen-bond acceptors (Lipinski definition) is 1. The predicted octanol–water partition coefficient (Wildman–Crippen LogP) is 1.10. The first-order valence-corrected chi connectivity index (χ1v) is 4.86. The molecule has 2 aromatic rings. The van der Waals surface area contributed by atoms with Crippen LogP contribution in [0.5, 0.6) is 0 Å². The van der Waals surface area contributed by atoms with Crippen LogP contribution in [-0.2, 0) is 0 Å². The first-order valence-electron chi connectivity index (χ1n) is 3.78. The molecule has 0 N–H and O–H groups in total. The Morgan fingerprint density at radius 1 is 1.17 bits per heavy atom. The van der Waals surface area contributed by atoms with Crippen LogP contribution in [0.1, 0.15) is 0 Å². The van der Waals surface area contributed by atoms with Crippen molar-refractivity contribution in [3.63, 3.8) is 0 Å². The van der Waals surface area contributed by atoms with Gasteiger partial charge >= 0.3 is 0 Å². The van der Waals surface area contributed by atoms with Gasteiger partial charge in [-0.15, -0.1) is 0 Å². The monoisotopic (exact) mass is 267 g/mol. The minimum Gasteiger partial charge on any atom is -0.264 e. The summed E-state index contributed by atoms with van der Waals surface area (Å²) in [5.74, 6) is 0. The average Bonchev–Trinajstić information content (AvgIpc) is 2.05. The van der Waals surface area contributed by atoms with Gasteiger partial charge in [0.2, 0.25) is 0 Å². The molecule has 0 radical (unpaired) electrons. The van der Waals surface area contributed by atoms with Gasteiger partial charge in [-0.25, -0.2) is 0 Å². The summed E-state index contributed by atoms with van der Waals surface area (Å²) in [5.41, 5.74) is 2.15. The summed E-state index contributed by atoms with van der Waals surface area (Å²) in [7, 11) is 2.01. The van der Waals surface area contributed by atoms with Crippen molar-refractivity contribution in [3.05, 3.63) is 33.9 Å². The van der Waals surface area contributed by atoms with Crippen LogP contribution in [0.15, 0.2) is 30.3 Å². The highest BCUT2D eigenvalue weighted by Crippen LogP contribution is 2.13. The summed E-state index contributed by atoms with van der Waals surface area (Å²) in [5, 5.41) is 1.22. The first kappa shape index (κ1) is 8.04. The highest BCUT2D eigenvalue weighted by molar-refractivity contribution is 14.1. The van der Waals surface area contributed by atoms with Crippen LogP contribution in [0.4, 0.5) is 0 Å². The van der Waals surface area contributed by atoms with Gasteiger partial charge in [-0.05, 0) is 46.4 Å². The van der Waals surface area contributed by atoms with Crippen molar-refractivity contribution in [1.82, 2.24) is 4.98 Å². The third-order valence-corrected chi connectivity index (χ3v) is 2.46. The Morgan fingerprint density at radius 3 is 2.83 bits per heavy atom. The molecule has 0 spiro atoms. The van der Waals surface area contributed by atoms with E-state index in [0.29, 0.717) is 0 Å². The minimum absolute atomic E-state index is 1.07. The Morgan fingerprint density at radius 2 is 2.00 bits per heavy atom. The smallest absolute Gasteiger partial charge is 0.163 e. The van der Waals surface area contributed by atoms with Crippen LogP contribution >= 0.6 is 22.6 Å². The standard InChI is InChI=1S/C9H7BIN/c10-9-4-1-6-5-7(11)2-3-8(6)12-9/h1-5H,10H2. The summed E-state index contributed by atoms with van der Waals surface area (Å²) in [6.45, 7) is 0. The number of rotatable bonds is 0. The Balaban J connectivity index is 2.79. The van der Waals surface area contributed by atoms with Crippen LogP contribution < -0.4 is 5.59 Å². The lowest BCUT2D eigenvalue weighted by Crippen LogP contribution is -2.06. The third-order valence-electron chi connectivity index (χ3n) is 1.79. The zero-order valence-electron chi connectivity index (χ0n) is 6.71. The average molecular weight is 267 g/mol. The number of benzene rings is 1. The van der Waals surface area contributed by atoms with Gasteiger partial charge in [-0.3, -0.25) is 4.98 Å².